The highest BCUT2D eigenvalue weighted by Crippen LogP contribution is 2.16. The summed E-state index contributed by atoms with van der Waals surface area (Å²) < 4.78 is 0. The van der Waals surface area contributed by atoms with Crippen molar-refractivity contribution in [3.63, 3.8) is 0 Å². The SMILES string of the molecule is CC1(N)C=C1. The van der Waals surface area contributed by atoms with Gasteiger partial charge in [-0.05, 0) is 6.92 Å². The zero-order valence-electron chi connectivity index (χ0n) is 3.23. The lowest BCUT2D eigenvalue weighted by Crippen LogP contribution is -2.17. The molecule has 0 aromatic rings. The number of hydrogen-bond acceptors (Lipinski definition) is 1. The first kappa shape index (κ1) is 2.91. The lowest BCUT2D eigenvalue weighted by atomic mass is 10.3. The molecule has 0 heterocycles. The summed E-state index contributed by atoms with van der Waals surface area (Å²) in [5.41, 5.74) is 5.35. The smallest absolute Gasteiger partial charge is 0.0497 e. The van der Waals surface area contributed by atoms with Crippen LogP contribution in [-0.2, 0) is 0 Å². The molecule has 5 heavy (non-hydrogen) atoms. The first-order chi connectivity index (χ1) is 2.21. The van der Waals surface area contributed by atoms with Crippen LogP contribution in [0.15, 0.2) is 12.2 Å². The van der Waals surface area contributed by atoms with Crippen molar-refractivity contribution in [1.29, 1.82) is 0 Å². The first-order valence-corrected chi connectivity index (χ1v) is 1.70. The molecular weight excluding hydrogens is 62.1 g/mol. The molecule has 0 aromatic heterocycles. The maximum absolute atomic E-state index is 5.35. The van der Waals surface area contributed by atoms with Crippen LogP contribution >= 0.6 is 0 Å². The van der Waals surface area contributed by atoms with Gasteiger partial charge in [0.1, 0.15) is 0 Å². The van der Waals surface area contributed by atoms with Crippen molar-refractivity contribution < 1.29 is 0 Å². The van der Waals surface area contributed by atoms with Gasteiger partial charge in [-0.2, -0.15) is 0 Å². The van der Waals surface area contributed by atoms with Gasteiger partial charge in [0.15, 0.2) is 0 Å². The van der Waals surface area contributed by atoms with E-state index in [1.165, 1.54) is 0 Å². The van der Waals surface area contributed by atoms with Gasteiger partial charge in [0.25, 0.3) is 0 Å². The Hall–Kier alpha value is -0.300. The predicted molar refractivity (Wildman–Crippen MR) is 21.7 cm³/mol. The summed E-state index contributed by atoms with van der Waals surface area (Å²) >= 11 is 0. The molecule has 1 rings (SSSR count). The van der Waals surface area contributed by atoms with Gasteiger partial charge >= 0.3 is 0 Å². The van der Waals surface area contributed by atoms with E-state index in [1.807, 2.05) is 19.1 Å². The lowest BCUT2D eigenvalue weighted by molar-refractivity contribution is 0.839. The third kappa shape index (κ3) is 0.484. The summed E-state index contributed by atoms with van der Waals surface area (Å²) in [6.07, 6.45) is 3.93. The Balaban J connectivity index is 2.47. The minimum atomic E-state index is 0. The normalized spacial score (nSPS) is 26.8. The molecule has 1 nitrogen and oxygen atoms in total. The van der Waals surface area contributed by atoms with E-state index < -0.39 is 0 Å². The molecule has 1 heteroatoms. The second kappa shape index (κ2) is 0.455. The van der Waals surface area contributed by atoms with E-state index >= 15 is 0 Å². The van der Waals surface area contributed by atoms with Crippen LogP contribution in [-0.4, -0.2) is 5.54 Å². The Kier molecular flexibility index (Phi) is 0.265. The summed E-state index contributed by atoms with van der Waals surface area (Å²) in [6, 6.07) is 0. The van der Waals surface area contributed by atoms with E-state index in [0.717, 1.165) is 0 Å². The lowest BCUT2D eigenvalue weighted by Gasteiger charge is -1.90. The number of hydrogen-bond donors (Lipinski definition) is 1. The molecule has 1 aliphatic rings. The zero-order valence-corrected chi connectivity index (χ0v) is 3.23. The molecule has 28 valence electrons. The highest BCUT2D eigenvalue weighted by molar-refractivity contribution is 5.29. The Labute approximate surface area is 31.5 Å². The van der Waals surface area contributed by atoms with Crippen LogP contribution in [0.25, 0.3) is 0 Å². The zero-order chi connectivity index (χ0) is 3.91. The fourth-order valence-corrected chi connectivity index (χ4v) is 0.131. The summed E-state index contributed by atoms with van der Waals surface area (Å²) in [5.74, 6) is 0. The fourth-order valence-electron chi connectivity index (χ4n) is 0.131. The van der Waals surface area contributed by atoms with Gasteiger partial charge < -0.3 is 5.73 Å². The Morgan fingerprint density at radius 3 is 1.80 bits per heavy atom. The van der Waals surface area contributed by atoms with Crippen molar-refractivity contribution in [3.05, 3.63) is 12.2 Å². The number of rotatable bonds is 0. The minimum Gasteiger partial charge on any atom is -0.319 e. The van der Waals surface area contributed by atoms with Crippen LogP contribution in [0, 0.1) is 0 Å². The molecule has 0 bridgehead atoms. The van der Waals surface area contributed by atoms with Crippen molar-refractivity contribution in [2.24, 2.45) is 5.73 Å². The molecule has 0 unspecified atom stereocenters. The maximum atomic E-state index is 5.35. The molecule has 0 aromatic carbocycles. The van der Waals surface area contributed by atoms with Gasteiger partial charge in [-0.1, -0.05) is 12.2 Å². The third-order valence-corrected chi connectivity index (χ3v) is 0.692. The quantitative estimate of drug-likeness (QED) is 0.406. The second-order valence-corrected chi connectivity index (χ2v) is 1.70. The summed E-state index contributed by atoms with van der Waals surface area (Å²) in [4.78, 5) is 0. The van der Waals surface area contributed by atoms with Crippen molar-refractivity contribution in [1.82, 2.24) is 0 Å². The molecule has 0 aliphatic heterocycles. The number of nitrogens with two attached hydrogens (primary N) is 1. The maximum Gasteiger partial charge on any atom is 0.0497 e. The Morgan fingerprint density at radius 2 is 1.80 bits per heavy atom. The van der Waals surface area contributed by atoms with Crippen LogP contribution < -0.4 is 5.73 Å². The third-order valence-electron chi connectivity index (χ3n) is 0.692. The van der Waals surface area contributed by atoms with Crippen LogP contribution in [0.4, 0.5) is 0 Å². The van der Waals surface area contributed by atoms with Gasteiger partial charge in [0, 0.05) is 5.54 Å². The Bertz CT molecular complexity index is 63.7. The van der Waals surface area contributed by atoms with Gasteiger partial charge in [-0.25, -0.2) is 0 Å². The molecule has 0 fully saturated rings. The molecule has 0 radical (unpaired) electrons. The van der Waals surface area contributed by atoms with E-state index in [2.05, 4.69) is 0 Å². The molecule has 0 atom stereocenters. The van der Waals surface area contributed by atoms with Gasteiger partial charge in [0.05, 0.1) is 0 Å². The molecule has 0 amide bonds. The summed E-state index contributed by atoms with van der Waals surface area (Å²) in [5, 5.41) is 0. The highest BCUT2D eigenvalue weighted by Gasteiger charge is 2.19. The van der Waals surface area contributed by atoms with E-state index in [1.54, 1.807) is 0 Å². The molecule has 0 saturated carbocycles. The molecule has 0 spiro atoms. The fraction of sp³-hybridized carbons (Fsp3) is 0.500. The second-order valence-electron chi connectivity index (χ2n) is 1.70. The topological polar surface area (TPSA) is 26.0 Å². The molecular formula is C4H7N. The van der Waals surface area contributed by atoms with Gasteiger partial charge in [0.2, 0.25) is 0 Å². The van der Waals surface area contributed by atoms with E-state index in [9.17, 15) is 0 Å². The largest absolute Gasteiger partial charge is 0.319 e. The van der Waals surface area contributed by atoms with Crippen LogP contribution in [0.3, 0.4) is 0 Å². The van der Waals surface area contributed by atoms with Crippen molar-refractivity contribution >= 4 is 0 Å². The average Bonchev–Trinajstić information content (AvgIpc) is 1.76. The van der Waals surface area contributed by atoms with Gasteiger partial charge in [-0.3, -0.25) is 0 Å². The Morgan fingerprint density at radius 1 is 1.60 bits per heavy atom. The van der Waals surface area contributed by atoms with E-state index in [-0.39, 0.29) is 5.54 Å². The molecule has 0 saturated heterocycles. The van der Waals surface area contributed by atoms with Crippen molar-refractivity contribution in [2.45, 2.75) is 12.5 Å². The van der Waals surface area contributed by atoms with E-state index in [4.69, 9.17) is 5.73 Å². The van der Waals surface area contributed by atoms with E-state index in [0.29, 0.717) is 0 Å². The predicted octanol–water partition coefficient (Wildman–Crippen LogP) is 0.274. The molecule has 1 aliphatic carbocycles. The summed E-state index contributed by atoms with van der Waals surface area (Å²) in [7, 11) is 0. The van der Waals surface area contributed by atoms with Crippen LogP contribution in [0.2, 0.25) is 0 Å². The van der Waals surface area contributed by atoms with Gasteiger partial charge in [-0.15, -0.1) is 0 Å². The molecule has 2 N–H and O–H groups in total. The minimum absolute atomic E-state index is 0. The van der Waals surface area contributed by atoms with Crippen LogP contribution in [0.1, 0.15) is 6.92 Å². The standard InChI is InChI=1S/C4H7N/c1-4(5)2-3-4/h2-3H,5H2,1H3. The van der Waals surface area contributed by atoms with Crippen molar-refractivity contribution in [2.75, 3.05) is 0 Å². The summed E-state index contributed by atoms with van der Waals surface area (Å²) in [6.45, 7) is 1.97. The average molecular weight is 69.1 g/mol. The van der Waals surface area contributed by atoms with Crippen LogP contribution in [0.5, 0.6) is 0 Å². The van der Waals surface area contributed by atoms with Crippen molar-refractivity contribution in [3.8, 4) is 0 Å². The monoisotopic (exact) mass is 69.1 g/mol. The first-order valence-electron chi connectivity index (χ1n) is 1.70. The highest BCUT2D eigenvalue weighted by atomic mass is 14.7.